The van der Waals surface area contributed by atoms with Crippen molar-refractivity contribution in [2.24, 2.45) is 0 Å². The number of nitrogens with zero attached hydrogens (tertiary/aromatic N) is 3. The topological polar surface area (TPSA) is 110 Å². The van der Waals surface area contributed by atoms with Gasteiger partial charge in [-0.05, 0) is 54.7 Å². The first-order valence-corrected chi connectivity index (χ1v) is 9.85. The number of rotatable bonds is 5. The van der Waals surface area contributed by atoms with Crippen LogP contribution >= 0.6 is 0 Å². The first kappa shape index (κ1) is 20.1. The lowest BCUT2D eigenvalue weighted by Gasteiger charge is -2.28. The third-order valence-corrected chi connectivity index (χ3v) is 5.25. The molecule has 30 heavy (non-hydrogen) atoms. The van der Waals surface area contributed by atoms with Gasteiger partial charge in [0.25, 0.3) is 5.91 Å². The van der Waals surface area contributed by atoms with Crippen LogP contribution in [-0.4, -0.2) is 56.2 Å². The molecule has 0 unspecified atom stereocenters. The molecule has 0 bridgehead atoms. The van der Waals surface area contributed by atoms with Crippen LogP contribution in [0.15, 0.2) is 48.9 Å². The van der Waals surface area contributed by atoms with Gasteiger partial charge in [0.05, 0.1) is 36.8 Å². The molecule has 8 heteroatoms. The van der Waals surface area contributed by atoms with Crippen LogP contribution in [-0.2, 0) is 11.2 Å². The molecule has 1 aliphatic rings. The van der Waals surface area contributed by atoms with Crippen LogP contribution in [0.5, 0.6) is 5.75 Å². The smallest absolute Gasteiger partial charge is 0.270 e. The molecule has 2 atom stereocenters. The number of aliphatic hydroxyl groups excluding tert-OH is 1. The first-order valence-electron chi connectivity index (χ1n) is 9.85. The number of ether oxygens (including phenoxy) is 1. The zero-order valence-corrected chi connectivity index (χ0v) is 16.7. The molecule has 3 N–H and O–H groups in total. The number of carbonyl (C=O) groups excluding carboxylic acids is 1. The minimum absolute atomic E-state index is 0.116. The maximum Gasteiger partial charge on any atom is 0.270 e. The van der Waals surface area contributed by atoms with Gasteiger partial charge in [-0.2, -0.15) is 5.10 Å². The highest BCUT2D eigenvalue weighted by Gasteiger charge is 2.26. The van der Waals surface area contributed by atoms with Crippen molar-refractivity contribution in [3.8, 4) is 11.4 Å². The molecule has 3 heterocycles. The van der Waals surface area contributed by atoms with E-state index < -0.39 is 6.10 Å². The quantitative estimate of drug-likeness (QED) is 0.593. The number of amides is 1. The van der Waals surface area contributed by atoms with Crippen LogP contribution in [0.25, 0.3) is 5.69 Å². The minimum Gasteiger partial charge on any atom is -0.505 e. The number of aliphatic hydroxyl groups is 1. The summed E-state index contributed by atoms with van der Waals surface area (Å²) in [6.45, 7) is 2.71. The number of carbonyl (C=O) groups is 1. The van der Waals surface area contributed by atoms with Crippen molar-refractivity contribution < 1.29 is 19.7 Å². The molecule has 2 aromatic heterocycles. The summed E-state index contributed by atoms with van der Waals surface area (Å²) in [6.07, 6.45) is 5.15. The van der Waals surface area contributed by atoms with Gasteiger partial charge in [0, 0.05) is 12.8 Å². The average Bonchev–Trinajstić information content (AvgIpc) is 3.18. The summed E-state index contributed by atoms with van der Waals surface area (Å²) >= 11 is 0. The van der Waals surface area contributed by atoms with Gasteiger partial charge < -0.3 is 20.3 Å². The minimum atomic E-state index is -0.706. The Morgan fingerprint density at radius 3 is 2.80 bits per heavy atom. The molecule has 1 saturated heterocycles. The first-order chi connectivity index (χ1) is 14.5. The van der Waals surface area contributed by atoms with E-state index in [0.717, 1.165) is 22.4 Å². The van der Waals surface area contributed by atoms with E-state index in [1.165, 1.54) is 6.20 Å². The SMILES string of the molecule is Cc1cnc(C(=O)N[C@H]2CCOC[C@@H]2O)cc1Cc1ccc(-n2cc(O)cn2)cc1. The molecular weight excluding hydrogens is 384 g/mol. The van der Waals surface area contributed by atoms with Crippen LogP contribution in [0.3, 0.4) is 0 Å². The Balaban J connectivity index is 1.47. The van der Waals surface area contributed by atoms with E-state index >= 15 is 0 Å². The second-order valence-electron chi connectivity index (χ2n) is 7.49. The van der Waals surface area contributed by atoms with Crippen LogP contribution in [0.1, 0.15) is 33.6 Å². The van der Waals surface area contributed by atoms with Crippen molar-refractivity contribution in [2.45, 2.75) is 31.9 Å². The van der Waals surface area contributed by atoms with E-state index in [-0.39, 0.29) is 24.3 Å². The molecule has 0 spiro atoms. The molecule has 8 nitrogen and oxygen atoms in total. The Morgan fingerprint density at radius 2 is 2.10 bits per heavy atom. The van der Waals surface area contributed by atoms with Crippen molar-refractivity contribution in [2.75, 3.05) is 13.2 Å². The number of nitrogens with one attached hydrogen (secondary N) is 1. The fourth-order valence-corrected chi connectivity index (χ4v) is 3.45. The number of hydrogen-bond donors (Lipinski definition) is 3. The Hall–Kier alpha value is -3.23. The summed E-state index contributed by atoms with van der Waals surface area (Å²) in [5.41, 5.74) is 4.26. The van der Waals surface area contributed by atoms with Crippen LogP contribution in [0.2, 0.25) is 0 Å². The lowest BCUT2D eigenvalue weighted by atomic mass is 10.0. The number of benzene rings is 1. The highest BCUT2D eigenvalue weighted by molar-refractivity contribution is 5.92. The summed E-state index contributed by atoms with van der Waals surface area (Å²) in [5.74, 6) is -0.179. The standard InChI is InChI=1S/C22H24N4O4/c1-14-10-23-20(22(29)25-19-6-7-30-13-21(19)28)9-16(14)8-15-2-4-17(5-3-15)26-12-18(27)11-24-26/h2-5,9-12,19,21,27-28H,6-8,13H2,1H3,(H,25,29)/t19-,21-/m0/s1. The van der Waals surface area contributed by atoms with Crippen LogP contribution in [0, 0.1) is 6.92 Å². The summed E-state index contributed by atoms with van der Waals surface area (Å²) in [6, 6.07) is 9.32. The number of aromatic hydroxyl groups is 1. The molecule has 0 aliphatic carbocycles. The Bertz CT molecular complexity index is 1030. The lowest BCUT2D eigenvalue weighted by Crippen LogP contribution is -2.48. The van der Waals surface area contributed by atoms with Gasteiger partial charge in [-0.1, -0.05) is 12.1 Å². The Morgan fingerprint density at radius 1 is 1.30 bits per heavy atom. The summed E-state index contributed by atoms with van der Waals surface area (Å²) < 4.78 is 6.80. The van der Waals surface area contributed by atoms with Gasteiger partial charge >= 0.3 is 0 Å². The zero-order valence-electron chi connectivity index (χ0n) is 16.7. The number of aryl methyl sites for hydroxylation is 1. The molecule has 1 amide bonds. The highest BCUT2D eigenvalue weighted by Crippen LogP contribution is 2.18. The van der Waals surface area contributed by atoms with E-state index in [9.17, 15) is 15.0 Å². The predicted octanol–water partition coefficient (Wildman–Crippen LogP) is 1.75. The highest BCUT2D eigenvalue weighted by atomic mass is 16.5. The lowest BCUT2D eigenvalue weighted by molar-refractivity contribution is -0.0261. The van der Waals surface area contributed by atoms with Crippen molar-refractivity contribution in [3.05, 3.63) is 71.3 Å². The van der Waals surface area contributed by atoms with Crippen molar-refractivity contribution in [1.29, 1.82) is 0 Å². The van der Waals surface area contributed by atoms with Gasteiger partial charge in [-0.15, -0.1) is 0 Å². The van der Waals surface area contributed by atoms with Gasteiger partial charge in [0.2, 0.25) is 0 Å². The van der Waals surface area contributed by atoms with E-state index in [0.29, 0.717) is 25.1 Å². The van der Waals surface area contributed by atoms with Crippen molar-refractivity contribution in [3.63, 3.8) is 0 Å². The van der Waals surface area contributed by atoms with E-state index in [1.54, 1.807) is 23.1 Å². The largest absolute Gasteiger partial charge is 0.505 e. The summed E-state index contributed by atoms with van der Waals surface area (Å²) in [7, 11) is 0. The molecule has 156 valence electrons. The molecular formula is C22H24N4O4. The van der Waals surface area contributed by atoms with Crippen molar-refractivity contribution in [1.82, 2.24) is 20.1 Å². The van der Waals surface area contributed by atoms with Gasteiger partial charge in [-0.3, -0.25) is 9.78 Å². The monoisotopic (exact) mass is 408 g/mol. The second-order valence-corrected chi connectivity index (χ2v) is 7.49. The van der Waals surface area contributed by atoms with Crippen molar-refractivity contribution >= 4 is 5.91 Å². The Kier molecular flexibility index (Phi) is 5.78. The fraction of sp³-hybridized carbons (Fsp3) is 0.318. The molecule has 1 fully saturated rings. The predicted molar refractivity (Wildman–Crippen MR) is 110 cm³/mol. The average molecular weight is 408 g/mol. The maximum absolute atomic E-state index is 12.6. The third-order valence-electron chi connectivity index (χ3n) is 5.25. The fourth-order valence-electron chi connectivity index (χ4n) is 3.45. The number of hydrogen-bond acceptors (Lipinski definition) is 6. The van der Waals surface area contributed by atoms with E-state index in [2.05, 4.69) is 15.4 Å². The number of aromatic nitrogens is 3. The second kappa shape index (κ2) is 8.64. The zero-order chi connectivity index (χ0) is 21.1. The van der Waals surface area contributed by atoms with Gasteiger partial charge in [0.15, 0.2) is 5.75 Å². The molecule has 4 rings (SSSR count). The normalized spacial score (nSPS) is 18.9. The van der Waals surface area contributed by atoms with Gasteiger partial charge in [-0.25, -0.2) is 4.68 Å². The van der Waals surface area contributed by atoms with Crippen LogP contribution in [0.4, 0.5) is 0 Å². The Labute approximate surface area is 174 Å². The molecule has 1 aromatic carbocycles. The summed E-state index contributed by atoms with van der Waals surface area (Å²) in [4.78, 5) is 16.9. The molecule has 1 aliphatic heterocycles. The van der Waals surface area contributed by atoms with E-state index in [1.807, 2.05) is 31.2 Å². The van der Waals surface area contributed by atoms with Gasteiger partial charge in [0.1, 0.15) is 5.69 Å². The number of pyridine rings is 1. The summed E-state index contributed by atoms with van der Waals surface area (Å²) in [5, 5.41) is 26.4. The molecule has 0 saturated carbocycles. The van der Waals surface area contributed by atoms with E-state index in [4.69, 9.17) is 4.74 Å². The molecule has 3 aromatic rings. The van der Waals surface area contributed by atoms with Crippen LogP contribution < -0.4 is 5.32 Å². The maximum atomic E-state index is 12.6. The third kappa shape index (κ3) is 4.50. The molecule has 0 radical (unpaired) electrons.